The number of benzene rings is 2. The van der Waals surface area contributed by atoms with Crippen molar-refractivity contribution in [3.63, 3.8) is 0 Å². The maximum atomic E-state index is 12.9. The van der Waals surface area contributed by atoms with Crippen molar-refractivity contribution in [1.82, 2.24) is 9.97 Å². The third-order valence-corrected chi connectivity index (χ3v) is 9.91. The van der Waals surface area contributed by atoms with Crippen molar-refractivity contribution in [2.45, 2.75) is 50.2 Å². The Balaban J connectivity index is 1.44. The van der Waals surface area contributed by atoms with Crippen LogP contribution in [0.2, 0.25) is 0 Å². The van der Waals surface area contributed by atoms with Crippen LogP contribution in [0, 0.1) is 11.3 Å². The van der Waals surface area contributed by atoms with Crippen molar-refractivity contribution < 1.29 is 9.59 Å². The molecule has 1 aliphatic rings. The molecule has 0 amide bonds. The second kappa shape index (κ2) is 11.1. The largest absolute Gasteiger partial charge is 0.293 e. The van der Waals surface area contributed by atoms with Crippen LogP contribution >= 0.6 is 34.9 Å². The third-order valence-electron chi connectivity index (χ3n) is 6.94. The number of Topliss-reactive ketones (excluding diaryl/α,β-unsaturated/α-hetero) is 2. The molecule has 0 spiro atoms. The molecule has 2 heterocycles. The highest BCUT2D eigenvalue weighted by Crippen LogP contribution is 2.45. The Morgan fingerprint density at radius 1 is 0.892 bits per heavy atom. The number of thioether (sulfide) groups is 2. The minimum Gasteiger partial charge on any atom is -0.293 e. The monoisotopic (exact) mass is 546 g/mol. The molecule has 5 rings (SSSR count). The molecule has 37 heavy (non-hydrogen) atoms. The zero-order valence-corrected chi connectivity index (χ0v) is 23.8. The molecule has 1 aliphatic carbocycles. The van der Waals surface area contributed by atoms with Crippen LogP contribution in [0.3, 0.4) is 0 Å². The quantitative estimate of drug-likeness (QED) is 0.0973. The highest BCUT2D eigenvalue weighted by molar-refractivity contribution is 8.00. The lowest BCUT2D eigenvalue weighted by Crippen LogP contribution is -2.26. The van der Waals surface area contributed by atoms with Gasteiger partial charge < -0.3 is 0 Å². The first-order chi connectivity index (χ1) is 17.8. The van der Waals surface area contributed by atoms with Crippen molar-refractivity contribution >= 4 is 56.6 Å². The van der Waals surface area contributed by atoms with Gasteiger partial charge in [0.2, 0.25) is 0 Å². The van der Waals surface area contributed by atoms with Crippen LogP contribution in [0.5, 0.6) is 0 Å². The molecule has 1 unspecified atom stereocenters. The molecule has 0 fully saturated rings. The molecule has 0 saturated heterocycles. The summed E-state index contributed by atoms with van der Waals surface area (Å²) in [5.41, 5.74) is 3.02. The van der Waals surface area contributed by atoms with E-state index in [1.165, 1.54) is 34.0 Å². The normalized spacial score (nSPS) is 15.5. The number of aryl methyl sites for hydroxylation is 1. The Labute approximate surface area is 230 Å². The minimum absolute atomic E-state index is 0.0567. The topological polar surface area (TPSA) is 59.9 Å². The fraction of sp³-hybridized carbons (Fsp3) is 0.333. The Morgan fingerprint density at radius 2 is 1.49 bits per heavy atom. The van der Waals surface area contributed by atoms with Crippen LogP contribution in [-0.4, -0.2) is 33.0 Å². The van der Waals surface area contributed by atoms with E-state index in [0.29, 0.717) is 28.0 Å². The smallest absolute Gasteiger partial charge is 0.190 e. The van der Waals surface area contributed by atoms with Crippen molar-refractivity contribution in [2.75, 3.05) is 11.5 Å². The molecule has 0 saturated carbocycles. The highest BCUT2D eigenvalue weighted by Gasteiger charge is 2.32. The van der Waals surface area contributed by atoms with Gasteiger partial charge in [0.05, 0.1) is 11.5 Å². The van der Waals surface area contributed by atoms with Crippen molar-refractivity contribution in [3.05, 3.63) is 82.2 Å². The molecule has 4 nitrogen and oxygen atoms in total. The minimum atomic E-state index is 0.0567. The Bertz CT molecular complexity index is 1430. The fourth-order valence-electron chi connectivity index (χ4n) is 4.71. The molecule has 0 bridgehead atoms. The van der Waals surface area contributed by atoms with Gasteiger partial charge in [-0.25, -0.2) is 9.97 Å². The van der Waals surface area contributed by atoms with Crippen molar-refractivity contribution in [1.29, 1.82) is 0 Å². The van der Waals surface area contributed by atoms with E-state index in [-0.39, 0.29) is 22.7 Å². The van der Waals surface area contributed by atoms with Gasteiger partial charge in [-0.15, -0.1) is 11.3 Å². The summed E-state index contributed by atoms with van der Waals surface area (Å²) >= 11 is 4.62. The van der Waals surface area contributed by atoms with Gasteiger partial charge in [-0.2, -0.15) is 0 Å². The standard InChI is InChI=1S/C30H30N2O2S3/c1-30(2,3)21-14-15-22-25(16-21)37-28-26(22)27(35-17-23(33)19-10-6-4-7-11-19)31-29(32-28)36-18-24(34)20-12-8-5-9-13-20/h4-13,21H,14-18H2,1-3H3. The van der Waals surface area contributed by atoms with E-state index >= 15 is 0 Å². The Morgan fingerprint density at radius 3 is 2.08 bits per heavy atom. The summed E-state index contributed by atoms with van der Waals surface area (Å²) in [5.74, 6) is 1.37. The molecule has 0 radical (unpaired) electrons. The number of carbonyl (C=O) groups is 2. The first-order valence-corrected chi connectivity index (χ1v) is 15.3. The zero-order valence-electron chi connectivity index (χ0n) is 21.3. The number of nitrogens with zero attached hydrogens (tertiary/aromatic N) is 2. The average molecular weight is 547 g/mol. The molecule has 7 heteroatoms. The number of hydrogen-bond donors (Lipinski definition) is 0. The lowest BCUT2D eigenvalue weighted by atomic mass is 9.72. The molecular formula is C30H30N2O2S3. The van der Waals surface area contributed by atoms with E-state index in [4.69, 9.17) is 9.97 Å². The predicted octanol–water partition coefficient (Wildman–Crippen LogP) is 7.79. The second-order valence-corrected chi connectivity index (χ2v) is 13.4. The SMILES string of the molecule is CC(C)(C)C1CCc2c(sc3nc(SCC(=O)c4ccccc4)nc(SCC(=O)c4ccccc4)c23)C1. The number of ketones is 2. The van der Waals surface area contributed by atoms with Crippen molar-refractivity contribution in [2.24, 2.45) is 11.3 Å². The van der Waals surface area contributed by atoms with Gasteiger partial charge in [0, 0.05) is 21.4 Å². The number of hydrogen-bond acceptors (Lipinski definition) is 7. The van der Waals surface area contributed by atoms with Gasteiger partial charge >= 0.3 is 0 Å². The van der Waals surface area contributed by atoms with Crippen LogP contribution < -0.4 is 0 Å². The van der Waals surface area contributed by atoms with E-state index in [9.17, 15) is 9.59 Å². The number of rotatable bonds is 8. The summed E-state index contributed by atoms with van der Waals surface area (Å²) in [6.45, 7) is 6.97. The molecule has 2 aromatic heterocycles. The van der Waals surface area contributed by atoms with Gasteiger partial charge in [0.25, 0.3) is 0 Å². The second-order valence-electron chi connectivity index (χ2n) is 10.5. The number of aromatic nitrogens is 2. The Hall–Kier alpha value is -2.48. The summed E-state index contributed by atoms with van der Waals surface area (Å²) in [6.07, 6.45) is 3.22. The van der Waals surface area contributed by atoms with Gasteiger partial charge in [0.1, 0.15) is 9.86 Å². The molecule has 2 aromatic carbocycles. The third kappa shape index (κ3) is 6.00. The van der Waals surface area contributed by atoms with Gasteiger partial charge in [-0.05, 0) is 36.2 Å². The Kier molecular flexibility index (Phi) is 7.84. The summed E-state index contributed by atoms with van der Waals surface area (Å²) < 4.78 is 0. The molecule has 0 aliphatic heterocycles. The lowest BCUT2D eigenvalue weighted by molar-refractivity contribution is 0.101. The first kappa shape index (κ1) is 26.1. The van der Waals surface area contributed by atoms with Gasteiger partial charge in [-0.3, -0.25) is 9.59 Å². The molecule has 4 aromatic rings. The van der Waals surface area contributed by atoms with Crippen molar-refractivity contribution in [3.8, 4) is 0 Å². The maximum Gasteiger partial charge on any atom is 0.190 e. The van der Waals surface area contributed by atoms with Gasteiger partial charge in [-0.1, -0.05) is 105 Å². The highest BCUT2D eigenvalue weighted by atomic mass is 32.2. The number of carbonyl (C=O) groups excluding carboxylic acids is 2. The number of fused-ring (bicyclic) bond motifs is 3. The van der Waals surface area contributed by atoms with E-state index in [0.717, 1.165) is 34.5 Å². The summed E-state index contributed by atoms with van der Waals surface area (Å²) in [4.78, 5) is 37.7. The summed E-state index contributed by atoms with van der Waals surface area (Å²) in [6, 6.07) is 18.7. The van der Waals surface area contributed by atoms with E-state index in [1.807, 2.05) is 60.7 Å². The predicted molar refractivity (Wildman–Crippen MR) is 155 cm³/mol. The van der Waals surface area contributed by atoms with Crippen LogP contribution in [-0.2, 0) is 12.8 Å². The van der Waals surface area contributed by atoms with E-state index < -0.39 is 0 Å². The van der Waals surface area contributed by atoms with Crippen LogP contribution in [0.4, 0.5) is 0 Å². The molecule has 1 atom stereocenters. The van der Waals surface area contributed by atoms with Gasteiger partial charge in [0.15, 0.2) is 16.7 Å². The average Bonchev–Trinajstić information content (AvgIpc) is 3.28. The lowest BCUT2D eigenvalue weighted by Gasteiger charge is -2.33. The molecular weight excluding hydrogens is 517 g/mol. The zero-order chi connectivity index (χ0) is 26.0. The molecule has 0 N–H and O–H groups in total. The maximum absolute atomic E-state index is 12.9. The summed E-state index contributed by atoms with van der Waals surface area (Å²) in [5, 5.41) is 2.56. The van der Waals surface area contributed by atoms with E-state index in [1.54, 1.807) is 11.3 Å². The molecule has 190 valence electrons. The van der Waals surface area contributed by atoms with Crippen LogP contribution in [0.15, 0.2) is 70.8 Å². The van der Waals surface area contributed by atoms with E-state index in [2.05, 4.69) is 20.8 Å². The summed E-state index contributed by atoms with van der Waals surface area (Å²) in [7, 11) is 0. The van der Waals surface area contributed by atoms with Crippen LogP contribution in [0.25, 0.3) is 10.2 Å². The fourth-order valence-corrected chi connectivity index (χ4v) is 7.88. The van der Waals surface area contributed by atoms with Crippen LogP contribution in [0.1, 0.15) is 58.3 Å². The first-order valence-electron chi connectivity index (χ1n) is 12.5. The number of thiophene rings is 1.